The lowest BCUT2D eigenvalue weighted by Crippen LogP contribution is -2.22. The summed E-state index contributed by atoms with van der Waals surface area (Å²) < 4.78 is 32.7. The Kier molecular flexibility index (Phi) is 6.39. The standard InChI is InChI=1S/C22H23NO4S2/c1-4-27-22(24)18-11-10-17(16-8-6-5-7-9-16)14-19(18)21-20(12-13-28-21)23-29(25,26)15(2)3/h5-15,23H,4H2,1-3H3. The lowest BCUT2D eigenvalue weighted by atomic mass is 9.98. The minimum absolute atomic E-state index is 0.260. The molecule has 3 aromatic rings. The largest absolute Gasteiger partial charge is 0.462 e. The number of benzene rings is 2. The number of anilines is 1. The number of carbonyl (C=O) groups is 1. The van der Waals surface area contributed by atoms with E-state index < -0.39 is 21.2 Å². The monoisotopic (exact) mass is 429 g/mol. The second-order valence-corrected chi connectivity index (χ2v) is 9.86. The first-order valence-corrected chi connectivity index (χ1v) is 11.7. The molecule has 0 aliphatic carbocycles. The van der Waals surface area contributed by atoms with E-state index in [0.717, 1.165) is 11.1 Å². The average Bonchev–Trinajstić information content (AvgIpc) is 3.15. The van der Waals surface area contributed by atoms with E-state index in [1.807, 2.05) is 42.5 Å². The summed E-state index contributed by atoms with van der Waals surface area (Å²) in [4.78, 5) is 13.2. The summed E-state index contributed by atoms with van der Waals surface area (Å²) >= 11 is 1.37. The summed E-state index contributed by atoms with van der Waals surface area (Å²) in [5, 5.41) is 1.23. The summed E-state index contributed by atoms with van der Waals surface area (Å²) in [7, 11) is -3.52. The molecule has 1 heterocycles. The van der Waals surface area contributed by atoms with Gasteiger partial charge in [-0.25, -0.2) is 13.2 Å². The zero-order chi connectivity index (χ0) is 21.0. The molecular formula is C22H23NO4S2. The topological polar surface area (TPSA) is 72.5 Å². The Morgan fingerprint density at radius 1 is 1.07 bits per heavy atom. The summed E-state index contributed by atoms with van der Waals surface area (Å²) in [6.07, 6.45) is 0. The van der Waals surface area contributed by atoms with Gasteiger partial charge in [-0.2, -0.15) is 0 Å². The first-order chi connectivity index (χ1) is 13.8. The van der Waals surface area contributed by atoms with Gasteiger partial charge >= 0.3 is 5.97 Å². The first kappa shape index (κ1) is 21.1. The van der Waals surface area contributed by atoms with Crippen molar-refractivity contribution in [3.63, 3.8) is 0 Å². The minimum atomic E-state index is -3.52. The summed E-state index contributed by atoms with van der Waals surface area (Å²) in [5.74, 6) is -0.437. The van der Waals surface area contributed by atoms with Gasteiger partial charge < -0.3 is 4.74 Å². The number of carbonyl (C=O) groups excluding carboxylic acids is 1. The molecule has 0 spiro atoms. The van der Waals surface area contributed by atoms with Crippen LogP contribution in [0.15, 0.2) is 60.0 Å². The van der Waals surface area contributed by atoms with Crippen LogP contribution in [0, 0.1) is 0 Å². The molecule has 0 saturated carbocycles. The van der Waals surface area contributed by atoms with Crippen LogP contribution >= 0.6 is 11.3 Å². The van der Waals surface area contributed by atoms with Gasteiger partial charge in [0, 0.05) is 5.56 Å². The molecule has 29 heavy (non-hydrogen) atoms. The molecule has 1 N–H and O–H groups in total. The summed E-state index contributed by atoms with van der Waals surface area (Å²) in [5.41, 5.74) is 3.43. The van der Waals surface area contributed by atoms with E-state index in [9.17, 15) is 13.2 Å². The van der Waals surface area contributed by atoms with E-state index in [0.29, 0.717) is 21.7 Å². The maximum absolute atomic E-state index is 12.6. The van der Waals surface area contributed by atoms with Crippen LogP contribution in [0.1, 0.15) is 31.1 Å². The van der Waals surface area contributed by atoms with Gasteiger partial charge in [-0.05, 0) is 55.5 Å². The molecule has 0 amide bonds. The predicted octanol–water partition coefficient (Wildman–Crippen LogP) is 5.41. The van der Waals surface area contributed by atoms with E-state index in [1.165, 1.54) is 11.3 Å². The third-order valence-corrected chi connectivity index (χ3v) is 7.10. The van der Waals surface area contributed by atoms with Crippen LogP contribution in [0.4, 0.5) is 5.69 Å². The van der Waals surface area contributed by atoms with Crippen LogP contribution < -0.4 is 4.72 Å². The molecule has 2 aromatic carbocycles. The van der Waals surface area contributed by atoms with Crippen molar-refractivity contribution in [2.24, 2.45) is 0 Å². The molecule has 0 aliphatic heterocycles. The van der Waals surface area contributed by atoms with Crippen molar-refractivity contribution in [3.05, 3.63) is 65.5 Å². The van der Waals surface area contributed by atoms with E-state index in [-0.39, 0.29) is 6.61 Å². The highest BCUT2D eigenvalue weighted by Crippen LogP contribution is 2.39. The molecule has 0 bridgehead atoms. The number of rotatable bonds is 7. The quantitative estimate of drug-likeness (QED) is 0.510. The molecule has 1 aromatic heterocycles. The van der Waals surface area contributed by atoms with Gasteiger partial charge in [-0.3, -0.25) is 4.72 Å². The highest BCUT2D eigenvalue weighted by atomic mass is 32.2. The fourth-order valence-corrected chi connectivity index (χ4v) is 4.46. The first-order valence-electron chi connectivity index (χ1n) is 9.29. The SMILES string of the molecule is CCOC(=O)c1ccc(-c2ccccc2)cc1-c1sccc1NS(=O)(=O)C(C)C. The molecule has 152 valence electrons. The minimum Gasteiger partial charge on any atom is -0.462 e. The van der Waals surface area contributed by atoms with Crippen molar-refractivity contribution in [1.29, 1.82) is 0 Å². The summed E-state index contributed by atoms with van der Waals surface area (Å²) in [6, 6.07) is 17.0. The third-order valence-electron chi connectivity index (χ3n) is 4.40. The van der Waals surface area contributed by atoms with Crippen molar-refractivity contribution in [3.8, 4) is 21.6 Å². The van der Waals surface area contributed by atoms with Crippen molar-refractivity contribution in [2.45, 2.75) is 26.0 Å². The van der Waals surface area contributed by atoms with Crippen molar-refractivity contribution in [1.82, 2.24) is 0 Å². The predicted molar refractivity (Wildman–Crippen MR) is 119 cm³/mol. The van der Waals surface area contributed by atoms with Gasteiger partial charge in [0.1, 0.15) is 0 Å². The van der Waals surface area contributed by atoms with Gasteiger partial charge in [-0.1, -0.05) is 36.4 Å². The Balaban J connectivity index is 2.14. The Morgan fingerprint density at radius 2 is 1.79 bits per heavy atom. The van der Waals surface area contributed by atoms with Gasteiger partial charge in [0.05, 0.1) is 28.0 Å². The van der Waals surface area contributed by atoms with E-state index in [1.54, 1.807) is 38.3 Å². The van der Waals surface area contributed by atoms with Crippen molar-refractivity contribution < 1.29 is 17.9 Å². The zero-order valence-electron chi connectivity index (χ0n) is 16.5. The van der Waals surface area contributed by atoms with E-state index in [4.69, 9.17) is 4.74 Å². The molecule has 0 atom stereocenters. The second-order valence-electron chi connectivity index (χ2n) is 6.71. The fourth-order valence-electron chi connectivity index (χ4n) is 2.80. The van der Waals surface area contributed by atoms with Gasteiger partial charge in [-0.15, -0.1) is 11.3 Å². The van der Waals surface area contributed by atoms with Crippen molar-refractivity contribution >= 4 is 33.0 Å². The van der Waals surface area contributed by atoms with Crippen LogP contribution in [-0.4, -0.2) is 26.2 Å². The van der Waals surface area contributed by atoms with Gasteiger partial charge in [0.15, 0.2) is 0 Å². The molecule has 5 nitrogen and oxygen atoms in total. The van der Waals surface area contributed by atoms with Crippen LogP contribution in [-0.2, 0) is 14.8 Å². The lowest BCUT2D eigenvalue weighted by Gasteiger charge is -2.14. The molecule has 7 heteroatoms. The van der Waals surface area contributed by atoms with Crippen LogP contribution in [0.25, 0.3) is 21.6 Å². The molecule has 0 aliphatic rings. The highest BCUT2D eigenvalue weighted by molar-refractivity contribution is 7.93. The smallest absolute Gasteiger partial charge is 0.338 e. The maximum atomic E-state index is 12.6. The molecular weight excluding hydrogens is 406 g/mol. The number of ether oxygens (including phenoxy) is 1. The van der Waals surface area contributed by atoms with Crippen molar-refractivity contribution in [2.75, 3.05) is 11.3 Å². The van der Waals surface area contributed by atoms with Gasteiger partial charge in [0.25, 0.3) is 0 Å². The zero-order valence-corrected chi connectivity index (χ0v) is 18.1. The average molecular weight is 430 g/mol. The Morgan fingerprint density at radius 3 is 2.45 bits per heavy atom. The fraction of sp³-hybridized carbons (Fsp3) is 0.227. The Bertz CT molecular complexity index is 1100. The molecule has 0 saturated heterocycles. The summed E-state index contributed by atoms with van der Waals surface area (Å²) in [6.45, 7) is 5.25. The highest BCUT2D eigenvalue weighted by Gasteiger charge is 2.22. The van der Waals surface area contributed by atoms with Crippen LogP contribution in [0.3, 0.4) is 0 Å². The number of esters is 1. The lowest BCUT2D eigenvalue weighted by molar-refractivity contribution is 0.0527. The van der Waals surface area contributed by atoms with E-state index >= 15 is 0 Å². The molecule has 0 fully saturated rings. The number of sulfonamides is 1. The number of hydrogen-bond donors (Lipinski definition) is 1. The normalized spacial score (nSPS) is 11.4. The molecule has 3 rings (SSSR count). The number of thiophene rings is 1. The second kappa shape index (κ2) is 8.80. The number of nitrogens with one attached hydrogen (secondary N) is 1. The number of hydrogen-bond acceptors (Lipinski definition) is 5. The van der Waals surface area contributed by atoms with Gasteiger partial charge in [0.2, 0.25) is 10.0 Å². The Hall–Kier alpha value is -2.64. The van der Waals surface area contributed by atoms with Crippen LogP contribution in [0.2, 0.25) is 0 Å². The van der Waals surface area contributed by atoms with E-state index in [2.05, 4.69) is 4.72 Å². The van der Waals surface area contributed by atoms with Crippen LogP contribution in [0.5, 0.6) is 0 Å². The molecule has 0 unspecified atom stereocenters. The maximum Gasteiger partial charge on any atom is 0.338 e. The third kappa shape index (κ3) is 4.68. The Labute approximate surface area is 175 Å². The molecule has 0 radical (unpaired) electrons.